The van der Waals surface area contributed by atoms with Crippen LogP contribution < -0.4 is 0 Å². The minimum Gasteiger partial charge on any atom is -0.278 e. The molecule has 3 heteroatoms. The van der Waals surface area contributed by atoms with Crippen molar-refractivity contribution in [2.45, 2.75) is 0 Å². The van der Waals surface area contributed by atoms with Crippen LogP contribution in [-0.2, 0) is 9.59 Å². The van der Waals surface area contributed by atoms with Gasteiger partial charge in [0.1, 0.15) is 0 Å². The molecule has 1 rings (SSSR count). The van der Waals surface area contributed by atoms with E-state index in [0.717, 1.165) is 4.90 Å². The predicted molar refractivity (Wildman–Crippen MR) is 36.1 cm³/mol. The first kappa shape index (κ1) is 6.74. The van der Waals surface area contributed by atoms with Gasteiger partial charge in [-0.15, -0.1) is 0 Å². The molecule has 1 fully saturated rings. The molecular formula is C7H7NO2. The lowest BCUT2D eigenvalue weighted by molar-refractivity contribution is -0.134. The molecule has 3 nitrogen and oxygen atoms in total. The first-order valence-electron chi connectivity index (χ1n) is 2.76. The Kier molecular flexibility index (Phi) is 1.21. The molecule has 1 saturated heterocycles. The van der Waals surface area contributed by atoms with Gasteiger partial charge in [0.05, 0.1) is 0 Å². The van der Waals surface area contributed by atoms with E-state index in [2.05, 4.69) is 13.2 Å². The van der Waals surface area contributed by atoms with Crippen molar-refractivity contribution in [3.63, 3.8) is 0 Å². The maximum atomic E-state index is 10.9. The average Bonchev–Trinajstić information content (AvgIpc) is 2.07. The Morgan fingerprint density at radius 2 is 1.40 bits per heavy atom. The summed E-state index contributed by atoms with van der Waals surface area (Å²) in [6.45, 7) is 6.81. The number of hydrogen-bond acceptors (Lipinski definition) is 2. The highest BCUT2D eigenvalue weighted by molar-refractivity contribution is 6.23. The van der Waals surface area contributed by atoms with Crippen LogP contribution in [-0.4, -0.2) is 23.8 Å². The van der Waals surface area contributed by atoms with Crippen molar-refractivity contribution in [1.82, 2.24) is 4.90 Å². The number of carbonyl (C=O) groups excluding carboxylic acids is 2. The molecule has 1 heterocycles. The topological polar surface area (TPSA) is 37.4 Å². The molecule has 0 radical (unpaired) electrons. The fourth-order valence-electron chi connectivity index (χ4n) is 0.755. The minimum absolute atomic E-state index is 0.201. The van der Waals surface area contributed by atoms with Gasteiger partial charge in [0, 0.05) is 18.2 Å². The van der Waals surface area contributed by atoms with Crippen molar-refractivity contribution in [3.05, 3.63) is 24.3 Å². The number of likely N-dealkylation sites (tertiary alicyclic amines) is 1. The third-order valence-corrected chi connectivity index (χ3v) is 1.49. The zero-order valence-electron chi connectivity index (χ0n) is 5.68. The van der Waals surface area contributed by atoms with Gasteiger partial charge in [0.2, 0.25) is 0 Å². The zero-order chi connectivity index (χ0) is 7.89. The lowest BCUT2D eigenvalue weighted by Crippen LogP contribution is -2.23. The minimum atomic E-state index is -0.352. The number of rotatable bonds is 0. The molecular weight excluding hydrogens is 130 g/mol. The van der Waals surface area contributed by atoms with Gasteiger partial charge in [0.25, 0.3) is 11.8 Å². The van der Waals surface area contributed by atoms with Crippen LogP contribution in [0.2, 0.25) is 0 Å². The number of carbonyl (C=O) groups is 2. The second kappa shape index (κ2) is 1.80. The SMILES string of the molecule is C=C1C(=C)C(=O)N(C)C1=O. The fraction of sp³-hybridized carbons (Fsp3) is 0.143. The van der Waals surface area contributed by atoms with Gasteiger partial charge in [-0.2, -0.15) is 0 Å². The van der Waals surface area contributed by atoms with Crippen LogP contribution in [0.3, 0.4) is 0 Å². The van der Waals surface area contributed by atoms with E-state index in [1.54, 1.807) is 0 Å². The summed E-state index contributed by atoms with van der Waals surface area (Å²) in [7, 11) is 1.41. The number of likely N-dealkylation sites (N-methyl/N-ethyl adjacent to an activating group) is 1. The van der Waals surface area contributed by atoms with Crippen LogP contribution in [0.15, 0.2) is 24.3 Å². The van der Waals surface area contributed by atoms with Crippen molar-refractivity contribution >= 4 is 11.8 Å². The highest BCUT2D eigenvalue weighted by Crippen LogP contribution is 2.19. The van der Waals surface area contributed by atoms with Gasteiger partial charge in [-0.25, -0.2) is 0 Å². The van der Waals surface area contributed by atoms with E-state index in [1.165, 1.54) is 7.05 Å². The van der Waals surface area contributed by atoms with E-state index < -0.39 is 0 Å². The van der Waals surface area contributed by atoms with Gasteiger partial charge < -0.3 is 0 Å². The average molecular weight is 137 g/mol. The van der Waals surface area contributed by atoms with Gasteiger partial charge >= 0.3 is 0 Å². The van der Waals surface area contributed by atoms with E-state index in [1.807, 2.05) is 0 Å². The lowest BCUT2D eigenvalue weighted by Gasteiger charge is -2.01. The van der Waals surface area contributed by atoms with Gasteiger partial charge in [-0.3, -0.25) is 14.5 Å². The van der Waals surface area contributed by atoms with Gasteiger partial charge in [-0.1, -0.05) is 13.2 Å². The molecule has 2 amide bonds. The highest BCUT2D eigenvalue weighted by Gasteiger charge is 2.32. The Balaban J connectivity index is 3.12. The summed E-state index contributed by atoms with van der Waals surface area (Å²) < 4.78 is 0. The molecule has 52 valence electrons. The van der Waals surface area contributed by atoms with Crippen LogP contribution in [0.1, 0.15) is 0 Å². The van der Waals surface area contributed by atoms with Gasteiger partial charge in [-0.05, 0) is 0 Å². The second-order valence-corrected chi connectivity index (χ2v) is 2.13. The molecule has 0 saturated carbocycles. The van der Waals surface area contributed by atoms with E-state index in [9.17, 15) is 9.59 Å². The lowest BCUT2D eigenvalue weighted by atomic mass is 10.2. The smallest absolute Gasteiger partial charge is 0.260 e. The molecule has 10 heavy (non-hydrogen) atoms. The van der Waals surface area contributed by atoms with Gasteiger partial charge in [0.15, 0.2) is 0 Å². The van der Waals surface area contributed by atoms with Crippen LogP contribution in [0.25, 0.3) is 0 Å². The molecule has 0 unspecified atom stereocenters. The molecule has 0 bridgehead atoms. The summed E-state index contributed by atoms with van der Waals surface area (Å²) >= 11 is 0. The van der Waals surface area contributed by atoms with Crippen LogP contribution in [0.5, 0.6) is 0 Å². The van der Waals surface area contributed by atoms with Crippen molar-refractivity contribution < 1.29 is 9.59 Å². The monoisotopic (exact) mass is 137 g/mol. The molecule has 0 spiro atoms. The standard InChI is InChI=1S/C7H7NO2/c1-4-5(2)7(10)8(3)6(4)9/h1-2H2,3H3. The second-order valence-electron chi connectivity index (χ2n) is 2.13. The summed E-state index contributed by atoms with van der Waals surface area (Å²) in [5.74, 6) is -0.704. The largest absolute Gasteiger partial charge is 0.278 e. The Morgan fingerprint density at radius 3 is 1.50 bits per heavy atom. The number of hydrogen-bond donors (Lipinski definition) is 0. The Labute approximate surface area is 58.6 Å². The molecule has 1 aliphatic heterocycles. The molecule has 0 aromatic heterocycles. The maximum Gasteiger partial charge on any atom is 0.260 e. The van der Waals surface area contributed by atoms with E-state index in [4.69, 9.17) is 0 Å². The van der Waals surface area contributed by atoms with E-state index >= 15 is 0 Å². The fourth-order valence-corrected chi connectivity index (χ4v) is 0.755. The third-order valence-electron chi connectivity index (χ3n) is 1.49. The van der Waals surface area contributed by atoms with E-state index in [0.29, 0.717) is 0 Å². The third kappa shape index (κ3) is 0.603. The Hall–Kier alpha value is -1.38. The molecule has 0 N–H and O–H groups in total. The maximum absolute atomic E-state index is 10.9. The molecule has 0 aromatic rings. The zero-order valence-corrected chi connectivity index (χ0v) is 5.68. The summed E-state index contributed by atoms with van der Waals surface area (Å²) in [6.07, 6.45) is 0. The summed E-state index contributed by atoms with van der Waals surface area (Å²) in [4.78, 5) is 22.7. The summed E-state index contributed by atoms with van der Waals surface area (Å²) in [6, 6.07) is 0. The molecule has 0 aliphatic carbocycles. The van der Waals surface area contributed by atoms with Crippen molar-refractivity contribution in [1.29, 1.82) is 0 Å². The van der Waals surface area contributed by atoms with Crippen LogP contribution in [0.4, 0.5) is 0 Å². The van der Waals surface area contributed by atoms with E-state index in [-0.39, 0.29) is 23.0 Å². The van der Waals surface area contributed by atoms with Crippen LogP contribution in [0, 0.1) is 0 Å². The Morgan fingerprint density at radius 1 is 1.10 bits per heavy atom. The predicted octanol–water partition coefficient (Wildman–Crippen LogP) is 0.0974. The summed E-state index contributed by atoms with van der Waals surface area (Å²) in [5, 5.41) is 0. The molecule has 1 aliphatic rings. The number of nitrogens with zero attached hydrogens (tertiary/aromatic N) is 1. The highest BCUT2D eigenvalue weighted by atomic mass is 16.2. The van der Waals surface area contributed by atoms with Crippen molar-refractivity contribution in [2.75, 3.05) is 7.05 Å². The quantitative estimate of drug-likeness (QED) is 0.350. The number of imide groups is 1. The normalized spacial score (nSPS) is 19.1. The Bertz CT molecular complexity index is 226. The number of amides is 2. The first-order chi connectivity index (χ1) is 4.55. The van der Waals surface area contributed by atoms with Crippen molar-refractivity contribution in [3.8, 4) is 0 Å². The summed E-state index contributed by atoms with van der Waals surface area (Å²) in [5.41, 5.74) is 0.403. The van der Waals surface area contributed by atoms with Crippen molar-refractivity contribution in [2.24, 2.45) is 0 Å². The molecule has 0 aromatic carbocycles. The van der Waals surface area contributed by atoms with Crippen LogP contribution >= 0.6 is 0 Å². The first-order valence-corrected chi connectivity index (χ1v) is 2.76. The molecule has 0 atom stereocenters.